The van der Waals surface area contributed by atoms with Crippen LogP contribution in [0.4, 0.5) is 0 Å². The molecule has 0 saturated heterocycles. The van der Waals surface area contributed by atoms with E-state index in [1.807, 2.05) is 0 Å². The molecule has 0 spiro atoms. The van der Waals surface area contributed by atoms with Gasteiger partial charge in [-0.05, 0) is 19.3 Å². The van der Waals surface area contributed by atoms with Gasteiger partial charge in [-0.3, -0.25) is 0 Å². The van der Waals surface area contributed by atoms with Crippen LogP contribution in [0.5, 0.6) is 0 Å². The predicted octanol–water partition coefficient (Wildman–Crippen LogP) is 1.22. The van der Waals surface area contributed by atoms with Gasteiger partial charge in [0.1, 0.15) is 6.61 Å². The van der Waals surface area contributed by atoms with E-state index in [0.29, 0.717) is 32.3 Å². The van der Waals surface area contributed by atoms with Crippen LogP contribution >= 0.6 is 0 Å². The minimum Gasteiger partial charge on any atom is -0.464 e. The summed E-state index contributed by atoms with van der Waals surface area (Å²) in [6, 6.07) is 0. The summed E-state index contributed by atoms with van der Waals surface area (Å²) in [6.45, 7) is 10.1. The molecule has 0 rings (SSSR count). The molecule has 0 radical (unpaired) electrons. The monoisotopic (exact) mass is 261 g/mol. The maximum Gasteiger partial charge on any atom is 0.332 e. The van der Waals surface area contributed by atoms with E-state index in [4.69, 9.17) is 14.2 Å². The molecule has 1 N–H and O–H groups in total. The van der Waals surface area contributed by atoms with Crippen molar-refractivity contribution in [3.63, 3.8) is 0 Å². The SMILES string of the molecule is CCOC(=O)COCCNCCOCCC(C)C. The molecule has 0 amide bonds. The second kappa shape index (κ2) is 12.8. The van der Waals surface area contributed by atoms with Crippen molar-refractivity contribution >= 4 is 5.97 Å². The average Bonchev–Trinajstić information content (AvgIpc) is 2.31. The number of hydrogen-bond acceptors (Lipinski definition) is 5. The van der Waals surface area contributed by atoms with Crippen molar-refractivity contribution in [1.82, 2.24) is 5.32 Å². The Bertz CT molecular complexity index is 197. The summed E-state index contributed by atoms with van der Waals surface area (Å²) in [7, 11) is 0. The standard InChI is InChI=1S/C13H27NO4/c1-4-18-13(15)11-17-10-7-14-6-9-16-8-5-12(2)3/h12,14H,4-11H2,1-3H3. The van der Waals surface area contributed by atoms with Crippen molar-refractivity contribution < 1.29 is 19.0 Å². The van der Waals surface area contributed by atoms with Gasteiger partial charge in [-0.2, -0.15) is 0 Å². The van der Waals surface area contributed by atoms with E-state index in [0.717, 1.165) is 19.6 Å². The van der Waals surface area contributed by atoms with Crippen LogP contribution in [-0.2, 0) is 19.0 Å². The number of hydrogen-bond donors (Lipinski definition) is 1. The first-order chi connectivity index (χ1) is 8.66. The van der Waals surface area contributed by atoms with Gasteiger partial charge in [-0.1, -0.05) is 13.8 Å². The normalized spacial score (nSPS) is 10.9. The lowest BCUT2D eigenvalue weighted by atomic mass is 10.1. The summed E-state index contributed by atoms with van der Waals surface area (Å²) >= 11 is 0. The van der Waals surface area contributed by atoms with Gasteiger partial charge in [0.15, 0.2) is 0 Å². The van der Waals surface area contributed by atoms with Crippen LogP contribution in [0.1, 0.15) is 27.2 Å². The second-order valence-electron chi connectivity index (χ2n) is 4.40. The molecule has 5 heteroatoms. The lowest BCUT2D eigenvalue weighted by molar-refractivity contribution is -0.148. The smallest absolute Gasteiger partial charge is 0.332 e. The van der Waals surface area contributed by atoms with Crippen molar-refractivity contribution in [3.05, 3.63) is 0 Å². The highest BCUT2D eigenvalue weighted by atomic mass is 16.6. The Balaban J connectivity index is 3.05. The van der Waals surface area contributed by atoms with Crippen LogP contribution in [0.2, 0.25) is 0 Å². The van der Waals surface area contributed by atoms with E-state index in [1.165, 1.54) is 0 Å². The van der Waals surface area contributed by atoms with E-state index in [1.54, 1.807) is 6.92 Å². The van der Waals surface area contributed by atoms with Crippen LogP contribution in [0.25, 0.3) is 0 Å². The summed E-state index contributed by atoms with van der Waals surface area (Å²) in [4.78, 5) is 10.9. The molecule has 0 aromatic rings. The molecule has 5 nitrogen and oxygen atoms in total. The summed E-state index contributed by atoms with van der Waals surface area (Å²) in [5.74, 6) is 0.378. The third-order valence-electron chi connectivity index (χ3n) is 2.21. The van der Waals surface area contributed by atoms with E-state index >= 15 is 0 Å². The molecule has 0 aliphatic rings. The maximum absolute atomic E-state index is 10.9. The number of esters is 1. The molecule has 0 bridgehead atoms. The fraction of sp³-hybridized carbons (Fsp3) is 0.923. The zero-order chi connectivity index (χ0) is 13.6. The Morgan fingerprint density at radius 3 is 2.39 bits per heavy atom. The van der Waals surface area contributed by atoms with Crippen molar-refractivity contribution in [1.29, 1.82) is 0 Å². The van der Waals surface area contributed by atoms with Gasteiger partial charge < -0.3 is 19.5 Å². The lowest BCUT2D eigenvalue weighted by Crippen LogP contribution is -2.25. The Morgan fingerprint density at radius 2 is 1.78 bits per heavy atom. The van der Waals surface area contributed by atoms with Crippen LogP contribution < -0.4 is 5.32 Å². The highest BCUT2D eigenvalue weighted by Gasteiger charge is 2.00. The molecule has 18 heavy (non-hydrogen) atoms. The van der Waals surface area contributed by atoms with Gasteiger partial charge in [0.2, 0.25) is 0 Å². The van der Waals surface area contributed by atoms with E-state index < -0.39 is 0 Å². The molecule has 0 fully saturated rings. The van der Waals surface area contributed by atoms with Crippen LogP contribution in [0.15, 0.2) is 0 Å². The lowest BCUT2D eigenvalue weighted by Gasteiger charge is -2.08. The fourth-order valence-electron chi connectivity index (χ4n) is 1.19. The quantitative estimate of drug-likeness (QED) is 0.423. The summed E-state index contributed by atoms with van der Waals surface area (Å²) in [5, 5.41) is 3.18. The number of carbonyl (C=O) groups excluding carboxylic acids is 1. The minimum atomic E-state index is -0.311. The van der Waals surface area contributed by atoms with Crippen molar-refractivity contribution in [2.45, 2.75) is 27.2 Å². The van der Waals surface area contributed by atoms with Gasteiger partial charge in [0, 0.05) is 19.7 Å². The van der Waals surface area contributed by atoms with Crippen LogP contribution in [0.3, 0.4) is 0 Å². The van der Waals surface area contributed by atoms with Crippen LogP contribution in [0, 0.1) is 5.92 Å². The van der Waals surface area contributed by atoms with Crippen molar-refractivity contribution in [2.24, 2.45) is 5.92 Å². The number of nitrogens with one attached hydrogen (secondary N) is 1. The van der Waals surface area contributed by atoms with E-state index in [2.05, 4.69) is 19.2 Å². The molecule has 108 valence electrons. The molecule has 0 aliphatic heterocycles. The average molecular weight is 261 g/mol. The van der Waals surface area contributed by atoms with Gasteiger partial charge >= 0.3 is 5.97 Å². The zero-order valence-corrected chi connectivity index (χ0v) is 11.9. The topological polar surface area (TPSA) is 56.8 Å². The van der Waals surface area contributed by atoms with Gasteiger partial charge in [-0.25, -0.2) is 4.79 Å². The molecule has 0 saturated carbocycles. The Hall–Kier alpha value is -0.650. The Morgan fingerprint density at radius 1 is 1.11 bits per heavy atom. The number of carbonyl (C=O) groups is 1. The molecular formula is C13H27NO4. The third-order valence-corrected chi connectivity index (χ3v) is 2.21. The first-order valence-corrected chi connectivity index (χ1v) is 6.68. The summed E-state index contributed by atoms with van der Waals surface area (Å²) in [6.07, 6.45) is 1.10. The second-order valence-corrected chi connectivity index (χ2v) is 4.40. The fourth-order valence-corrected chi connectivity index (χ4v) is 1.19. The Kier molecular flexibility index (Phi) is 12.3. The largest absolute Gasteiger partial charge is 0.464 e. The maximum atomic E-state index is 10.9. The number of rotatable bonds is 12. The third kappa shape index (κ3) is 13.4. The Labute approximate surface area is 110 Å². The van der Waals surface area contributed by atoms with Crippen molar-refractivity contribution in [3.8, 4) is 0 Å². The van der Waals surface area contributed by atoms with E-state index in [9.17, 15) is 4.79 Å². The van der Waals surface area contributed by atoms with E-state index in [-0.39, 0.29) is 12.6 Å². The molecule has 0 heterocycles. The highest BCUT2D eigenvalue weighted by molar-refractivity contribution is 5.70. The summed E-state index contributed by atoms with van der Waals surface area (Å²) < 4.78 is 15.3. The minimum absolute atomic E-state index is 0.0282. The first-order valence-electron chi connectivity index (χ1n) is 6.68. The molecule has 0 aromatic carbocycles. The van der Waals surface area contributed by atoms with Crippen molar-refractivity contribution in [2.75, 3.05) is 46.1 Å². The van der Waals surface area contributed by atoms with Gasteiger partial charge in [0.25, 0.3) is 0 Å². The number of ether oxygens (including phenoxy) is 3. The first kappa shape index (κ1) is 17.4. The molecule has 0 atom stereocenters. The summed E-state index contributed by atoms with van der Waals surface area (Å²) in [5.41, 5.74) is 0. The molecular weight excluding hydrogens is 234 g/mol. The molecule has 0 aromatic heterocycles. The predicted molar refractivity (Wildman–Crippen MR) is 70.6 cm³/mol. The highest BCUT2D eigenvalue weighted by Crippen LogP contribution is 1.98. The molecule has 0 unspecified atom stereocenters. The van der Waals surface area contributed by atoms with Gasteiger partial charge in [0.05, 0.1) is 19.8 Å². The zero-order valence-electron chi connectivity index (χ0n) is 11.9. The van der Waals surface area contributed by atoms with Crippen LogP contribution in [-0.4, -0.2) is 52.1 Å². The molecule has 0 aliphatic carbocycles. The van der Waals surface area contributed by atoms with Gasteiger partial charge in [-0.15, -0.1) is 0 Å².